The predicted molar refractivity (Wildman–Crippen MR) is 75.7 cm³/mol. The van der Waals surface area contributed by atoms with Crippen molar-refractivity contribution in [3.63, 3.8) is 0 Å². The van der Waals surface area contributed by atoms with Crippen LogP contribution in [-0.4, -0.2) is 25.6 Å². The molecule has 2 N–H and O–H groups in total. The van der Waals surface area contributed by atoms with Crippen LogP contribution in [0.3, 0.4) is 0 Å². The molecule has 1 amide bonds. The van der Waals surface area contributed by atoms with Crippen LogP contribution in [0.25, 0.3) is 0 Å². The Bertz CT molecular complexity index is 463. The zero-order valence-electron chi connectivity index (χ0n) is 11.1. The van der Waals surface area contributed by atoms with Crippen LogP contribution in [0.1, 0.15) is 24.5 Å². The highest BCUT2D eigenvalue weighted by Crippen LogP contribution is 2.32. The molecule has 0 saturated carbocycles. The third-order valence-electron chi connectivity index (χ3n) is 3.00. The van der Waals surface area contributed by atoms with Crippen LogP contribution in [-0.2, 0) is 17.8 Å². The molecule has 1 aromatic carbocycles. The molecule has 0 fully saturated rings. The Morgan fingerprint density at radius 3 is 3.11 bits per heavy atom. The maximum absolute atomic E-state index is 11.5. The SMILES string of the molecule is CCCNC(=O)CNCc1cc(Cl)cc2c1OCC2. The number of fused-ring (bicyclic) bond motifs is 1. The number of hydrogen-bond acceptors (Lipinski definition) is 3. The lowest BCUT2D eigenvalue weighted by atomic mass is 10.1. The molecular formula is C14H19ClN2O2. The van der Waals surface area contributed by atoms with Gasteiger partial charge in [-0.15, -0.1) is 0 Å². The third-order valence-corrected chi connectivity index (χ3v) is 3.22. The van der Waals surface area contributed by atoms with Crippen molar-refractivity contribution >= 4 is 17.5 Å². The molecule has 0 saturated heterocycles. The highest BCUT2D eigenvalue weighted by Gasteiger charge is 2.17. The summed E-state index contributed by atoms with van der Waals surface area (Å²) < 4.78 is 5.61. The summed E-state index contributed by atoms with van der Waals surface area (Å²) in [7, 11) is 0. The molecule has 0 unspecified atom stereocenters. The topological polar surface area (TPSA) is 50.4 Å². The summed E-state index contributed by atoms with van der Waals surface area (Å²) in [5, 5.41) is 6.66. The van der Waals surface area contributed by atoms with Crippen molar-refractivity contribution in [3.05, 3.63) is 28.3 Å². The minimum absolute atomic E-state index is 0.0152. The summed E-state index contributed by atoms with van der Waals surface area (Å²) >= 11 is 6.08. The van der Waals surface area contributed by atoms with Gasteiger partial charge in [0.05, 0.1) is 13.2 Å². The number of amides is 1. The van der Waals surface area contributed by atoms with Crippen molar-refractivity contribution < 1.29 is 9.53 Å². The van der Waals surface area contributed by atoms with Crippen LogP contribution in [0, 0.1) is 0 Å². The Kier molecular flexibility index (Phi) is 5.05. The molecule has 1 aromatic rings. The van der Waals surface area contributed by atoms with Gasteiger partial charge in [-0.1, -0.05) is 18.5 Å². The second-order valence-corrected chi connectivity index (χ2v) is 5.04. The first-order chi connectivity index (χ1) is 9.20. The smallest absolute Gasteiger partial charge is 0.233 e. The van der Waals surface area contributed by atoms with E-state index in [-0.39, 0.29) is 5.91 Å². The molecular weight excluding hydrogens is 264 g/mol. The van der Waals surface area contributed by atoms with E-state index in [0.29, 0.717) is 19.7 Å². The Morgan fingerprint density at radius 2 is 2.32 bits per heavy atom. The molecule has 0 atom stereocenters. The fourth-order valence-electron chi connectivity index (χ4n) is 2.11. The first-order valence-electron chi connectivity index (χ1n) is 6.62. The van der Waals surface area contributed by atoms with E-state index >= 15 is 0 Å². The van der Waals surface area contributed by atoms with Gasteiger partial charge in [-0.05, 0) is 24.1 Å². The normalized spacial score (nSPS) is 12.9. The zero-order valence-corrected chi connectivity index (χ0v) is 11.8. The summed E-state index contributed by atoms with van der Waals surface area (Å²) in [6.45, 7) is 4.35. The summed E-state index contributed by atoms with van der Waals surface area (Å²) in [4.78, 5) is 11.5. The number of hydrogen-bond donors (Lipinski definition) is 2. The molecule has 104 valence electrons. The molecule has 0 bridgehead atoms. The summed E-state index contributed by atoms with van der Waals surface area (Å²) in [6, 6.07) is 3.84. The molecule has 1 aliphatic rings. The van der Waals surface area contributed by atoms with Crippen molar-refractivity contribution in [2.24, 2.45) is 0 Å². The summed E-state index contributed by atoms with van der Waals surface area (Å²) in [5.41, 5.74) is 2.17. The molecule has 0 radical (unpaired) electrons. The van der Waals surface area contributed by atoms with Crippen LogP contribution in [0.5, 0.6) is 5.75 Å². The van der Waals surface area contributed by atoms with Crippen molar-refractivity contribution in [3.8, 4) is 5.75 Å². The lowest BCUT2D eigenvalue weighted by molar-refractivity contribution is -0.120. The van der Waals surface area contributed by atoms with Crippen LogP contribution in [0.4, 0.5) is 0 Å². The van der Waals surface area contributed by atoms with Gasteiger partial charge in [-0.2, -0.15) is 0 Å². The second-order valence-electron chi connectivity index (χ2n) is 4.61. The lowest BCUT2D eigenvalue weighted by Gasteiger charge is -2.10. The van der Waals surface area contributed by atoms with Gasteiger partial charge in [0.1, 0.15) is 5.75 Å². The molecule has 0 aliphatic carbocycles. The van der Waals surface area contributed by atoms with Gasteiger partial charge in [0.25, 0.3) is 0 Å². The van der Waals surface area contributed by atoms with Gasteiger partial charge in [-0.25, -0.2) is 0 Å². The molecule has 2 rings (SSSR count). The maximum atomic E-state index is 11.5. The molecule has 0 spiro atoms. The van der Waals surface area contributed by atoms with Gasteiger partial charge in [0.15, 0.2) is 0 Å². The molecule has 1 heterocycles. The predicted octanol–water partition coefficient (Wildman–Crippen LogP) is 1.89. The lowest BCUT2D eigenvalue weighted by Crippen LogP contribution is -2.34. The molecule has 1 aliphatic heterocycles. The highest BCUT2D eigenvalue weighted by molar-refractivity contribution is 6.30. The Balaban J connectivity index is 1.88. The number of carbonyl (C=O) groups excluding carboxylic acids is 1. The second kappa shape index (κ2) is 6.78. The third kappa shape index (κ3) is 3.85. The van der Waals surface area contributed by atoms with Gasteiger partial charge in [0, 0.05) is 30.1 Å². The minimum Gasteiger partial charge on any atom is -0.493 e. The van der Waals surface area contributed by atoms with Crippen molar-refractivity contribution in [1.82, 2.24) is 10.6 Å². The van der Waals surface area contributed by atoms with Gasteiger partial charge < -0.3 is 15.4 Å². The van der Waals surface area contributed by atoms with Crippen LogP contribution in [0.2, 0.25) is 5.02 Å². The van der Waals surface area contributed by atoms with E-state index in [0.717, 1.165) is 41.3 Å². The number of carbonyl (C=O) groups is 1. The van der Waals surface area contributed by atoms with Crippen molar-refractivity contribution in [1.29, 1.82) is 0 Å². The van der Waals surface area contributed by atoms with Crippen LogP contribution in [0.15, 0.2) is 12.1 Å². The van der Waals surface area contributed by atoms with Crippen molar-refractivity contribution in [2.75, 3.05) is 19.7 Å². The van der Waals surface area contributed by atoms with E-state index in [1.165, 1.54) is 0 Å². The van der Waals surface area contributed by atoms with E-state index in [9.17, 15) is 4.79 Å². The van der Waals surface area contributed by atoms with Gasteiger partial charge in [-0.3, -0.25) is 4.79 Å². The fraction of sp³-hybridized carbons (Fsp3) is 0.500. The summed E-state index contributed by atoms with van der Waals surface area (Å²) in [5.74, 6) is 0.937. The Hall–Kier alpha value is -1.26. The maximum Gasteiger partial charge on any atom is 0.233 e. The number of rotatable bonds is 6. The van der Waals surface area contributed by atoms with Crippen LogP contribution >= 0.6 is 11.6 Å². The van der Waals surface area contributed by atoms with E-state index in [1.807, 2.05) is 19.1 Å². The molecule has 0 aromatic heterocycles. The van der Waals surface area contributed by atoms with Gasteiger partial charge in [0.2, 0.25) is 5.91 Å². The zero-order chi connectivity index (χ0) is 13.7. The average Bonchev–Trinajstić information content (AvgIpc) is 2.84. The standard InChI is InChI=1S/C14H19ClN2O2/c1-2-4-17-13(18)9-16-8-11-7-12(15)6-10-3-5-19-14(10)11/h6-7,16H,2-5,8-9H2,1H3,(H,17,18). The van der Waals surface area contributed by atoms with Gasteiger partial charge >= 0.3 is 0 Å². The van der Waals surface area contributed by atoms with E-state index in [2.05, 4.69) is 10.6 Å². The number of halogens is 1. The number of nitrogens with one attached hydrogen (secondary N) is 2. The first kappa shape index (κ1) is 14.2. The van der Waals surface area contributed by atoms with Crippen molar-refractivity contribution in [2.45, 2.75) is 26.3 Å². The minimum atomic E-state index is 0.0152. The highest BCUT2D eigenvalue weighted by atomic mass is 35.5. The molecule has 19 heavy (non-hydrogen) atoms. The van der Waals surface area contributed by atoms with Crippen LogP contribution < -0.4 is 15.4 Å². The van der Waals surface area contributed by atoms with E-state index in [1.54, 1.807) is 0 Å². The molecule has 4 nitrogen and oxygen atoms in total. The first-order valence-corrected chi connectivity index (χ1v) is 7.00. The largest absolute Gasteiger partial charge is 0.493 e. The monoisotopic (exact) mass is 282 g/mol. The summed E-state index contributed by atoms with van der Waals surface area (Å²) in [6.07, 6.45) is 1.85. The van der Waals surface area contributed by atoms with E-state index < -0.39 is 0 Å². The van der Waals surface area contributed by atoms with E-state index in [4.69, 9.17) is 16.3 Å². The number of benzene rings is 1. The quantitative estimate of drug-likeness (QED) is 0.838. The average molecular weight is 283 g/mol. The fourth-order valence-corrected chi connectivity index (χ4v) is 2.38. The molecule has 5 heteroatoms. The Labute approximate surface area is 118 Å². The number of ether oxygens (including phenoxy) is 1. The Morgan fingerprint density at radius 1 is 1.47 bits per heavy atom.